The van der Waals surface area contributed by atoms with Gasteiger partial charge in [0.15, 0.2) is 17.5 Å². The lowest BCUT2D eigenvalue weighted by molar-refractivity contribution is 0.310. The number of aromatic hydroxyl groups is 1. The number of aliphatic imine (C=N–C) groups is 1. The van der Waals surface area contributed by atoms with Gasteiger partial charge in [-0.25, -0.2) is 4.99 Å². The van der Waals surface area contributed by atoms with Gasteiger partial charge in [-0.3, -0.25) is 0 Å². The van der Waals surface area contributed by atoms with Gasteiger partial charge in [0, 0.05) is 18.7 Å². The van der Waals surface area contributed by atoms with E-state index in [1.165, 1.54) is 5.56 Å². The minimum Gasteiger partial charge on any atom is -0.508 e. The Bertz CT molecular complexity index is 824. The fourth-order valence-corrected chi connectivity index (χ4v) is 2.97. The average Bonchev–Trinajstić information content (AvgIpc) is 2.76. The maximum atomic E-state index is 10.0. The molecule has 2 rings (SSSR count). The number of methoxy groups -OCH3 is 2. The van der Waals surface area contributed by atoms with Crippen molar-refractivity contribution in [2.75, 3.05) is 33.9 Å². The zero-order valence-electron chi connectivity index (χ0n) is 18.3. The van der Waals surface area contributed by atoms with Gasteiger partial charge in [-0.1, -0.05) is 6.07 Å². The monoisotopic (exact) mass is 415 g/mol. The third-order valence-corrected chi connectivity index (χ3v) is 4.50. The van der Waals surface area contributed by atoms with Crippen molar-refractivity contribution in [1.82, 2.24) is 10.6 Å². The lowest BCUT2D eigenvalue weighted by atomic mass is 10.1. The summed E-state index contributed by atoms with van der Waals surface area (Å²) in [5, 5.41) is 16.6. The first-order chi connectivity index (χ1) is 14.6. The molecule has 0 atom stereocenters. The van der Waals surface area contributed by atoms with E-state index in [0.717, 1.165) is 37.4 Å². The predicted molar refractivity (Wildman–Crippen MR) is 120 cm³/mol. The fraction of sp³-hybridized carbons (Fsp3) is 0.435. The molecule has 2 aromatic carbocycles. The summed E-state index contributed by atoms with van der Waals surface area (Å²) in [6.45, 7) is 6.47. The maximum Gasteiger partial charge on any atom is 0.191 e. The molecule has 0 spiro atoms. The molecule has 0 fully saturated rings. The van der Waals surface area contributed by atoms with Crippen molar-refractivity contribution >= 4 is 5.96 Å². The third-order valence-electron chi connectivity index (χ3n) is 4.50. The number of benzene rings is 2. The summed E-state index contributed by atoms with van der Waals surface area (Å²) in [6, 6.07) is 11.2. The van der Waals surface area contributed by atoms with Crippen LogP contribution in [0.2, 0.25) is 0 Å². The zero-order chi connectivity index (χ0) is 21.8. The Morgan fingerprint density at radius 2 is 1.83 bits per heavy atom. The topological polar surface area (TPSA) is 84.3 Å². The Morgan fingerprint density at radius 1 is 1.00 bits per heavy atom. The van der Waals surface area contributed by atoms with Gasteiger partial charge < -0.3 is 30.0 Å². The van der Waals surface area contributed by atoms with Crippen LogP contribution in [-0.4, -0.2) is 45.0 Å². The fourth-order valence-electron chi connectivity index (χ4n) is 2.97. The summed E-state index contributed by atoms with van der Waals surface area (Å²) in [4.78, 5) is 4.57. The van der Waals surface area contributed by atoms with Crippen LogP contribution in [0.15, 0.2) is 41.4 Å². The summed E-state index contributed by atoms with van der Waals surface area (Å²) in [6.07, 6.45) is 1.85. The van der Waals surface area contributed by atoms with E-state index in [1.807, 2.05) is 26.0 Å². The van der Waals surface area contributed by atoms with E-state index in [-0.39, 0.29) is 5.75 Å². The van der Waals surface area contributed by atoms with Gasteiger partial charge >= 0.3 is 0 Å². The number of nitrogens with zero attached hydrogens (tertiary/aromatic N) is 1. The summed E-state index contributed by atoms with van der Waals surface area (Å²) < 4.78 is 16.2. The Hall–Kier alpha value is -3.09. The quantitative estimate of drug-likeness (QED) is 0.296. The molecule has 0 aromatic heterocycles. The summed E-state index contributed by atoms with van der Waals surface area (Å²) in [5.74, 6) is 3.14. The highest BCUT2D eigenvalue weighted by Gasteiger charge is 2.06. The van der Waals surface area contributed by atoms with Gasteiger partial charge in [0.05, 0.1) is 27.4 Å². The van der Waals surface area contributed by atoms with Crippen LogP contribution in [0.4, 0.5) is 0 Å². The molecule has 0 saturated carbocycles. The maximum absolute atomic E-state index is 10.0. The minimum atomic E-state index is 0.208. The first kappa shape index (κ1) is 23.2. The van der Waals surface area contributed by atoms with Gasteiger partial charge in [0.2, 0.25) is 0 Å². The molecule has 0 aliphatic rings. The van der Waals surface area contributed by atoms with E-state index in [9.17, 15) is 5.11 Å². The first-order valence-electron chi connectivity index (χ1n) is 10.3. The van der Waals surface area contributed by atoms with E-state index < -0.39 is 0 Å². The molecule has 0 bridgehead atoms. The predicted octanol–water partition coefficient (Wildman–Crippen LogP) is 3.50. The van der Waals surface area contributed by atoms with E-state index in [0.29, 0.717) is 30.4 Å². The zero-order valence-corrected chi connectivity index (χ0v) is 18.3. The van der Waals surface area contributed by atoms with Gasteiger partial charge in [0.1, 0.15) is 11.5 Å². The number of nitrogens with one attached hydrogen (secondary N) is 2. The molecule has 7 heteroatoms. The van der Waals surface area contributed by atoms with Crippen molar-refractivity contribution in [2.24, 2.45) is 4.99 Å². The molecule has 2 aromatic rings. The van der Waals surface area contributed by atoms with E-state index >= 15 is 0 Å². The molecule has 0 aliphatic heterocycles. The van der Waals surface area contributed by atoms with Gasteiger partial charge in [0.25, 0.3) is 0 Å². The molecule has 7 nitrogen and oxygen atoms in total. The number of hydrogen-bond acceptors (Lipinski definition) is 5. The van der Waals surface area contributed by atoms with Crippen molar-refractivity contribution in [1.29, 1.82) is 0 Å². The standard InChI is InChI=1S/C23H33N3O4/c1-5-24-23(26-16-18-15-19(28-3)10-11-20(18)27)25-13-7-8-17-9-12-21(29-4)22(14-17)30-6-2/h9-12,14-15,27H,5-8,13,16H2,1-4H3,(H2,24,25,26). The first-order valence-corrected chi connectivity index (χ1v) is 10.3. The van der Waals surface area contributed by atoms with Crippen LogP contribution in [0.3, 0.4) is 0 Å². The minimum absolute atomic E-state index is 0.208. The van der Waals surface area contributed by atoms with Gasteiger partial charge in [-0.05, 0) is 62.6 Å². The van der Waals surface area contributed by atoms with Gasteiger partial charge in [-0.15, -0.1) is 0 Å². The normalized spacial score (nSPS) is 11.1. The summed E-state index contributed by atoms with van der Waals surface area (Å²) in [7, 11) is 3.25. The summed E-state index contributed by atoms with van der Waals surface area (Å²) in [5.41, 5.74) is 1.91. The van der Waals surface area contributed by atoms with Crippen LogP contribution in [0, 0.1) is 0 Å². The van der Waals surface area contributed by atoms with E-state index in [1.54, 1.807) is 32.4 Å². The van der Waals surface area contributed by atoms with E-state index in [4.69, 9.17) is 14.2 Å². The second kappa shape index (κ2) is 12.5. The lowest BCUT2D eigenvalue weighted by Gasteiger charge is -2.13. The molecule has 3 N–H and O–H groups in total. The Balaban J connectivity index is 1.90. The van der Waals surface area contributed by atoms with Crippen LogP contribution < -0.4 is 24.8 Å². The lowest BCUT2D eigenvalue weighted by Crippen LogP contribution is -2.37. The smallest absolute Gasteiger partial charge is 0.191 e. The molecule has 0 amide bonds. The number of phenolic OH excluding ortho intramolecular Hbond substituents is 1. The van der Waals surface area contributed by atoms with Crippen molar-refractivity contribution in [2.45, 2.75) is 33.2 Å². The molecule has 0 unspecified atom stereocenters. The van der Waals surface area contributed by atoms with Crippen LogP contribution in [0.1, 0.15) is 31.4 Å². The SMILES string of the molecule is CCNC(=NCc1cc(OC)ccc1O)NCCCc1ccc(OC)c(OCC)c1. The highest BCUT2D eigenvalue weighted by molar-refractivity contribution is 5.79. The molecule has 0 radical (unpaired) electrons. The van der Waals surface area contributed by atoms with Crippen molar-refractivity contribution in [3.05, 3.63) is 47.5 Å². The van der Waals surface area contributed by atoms with Crippen molar-refractivity contribution in [3.8, 4) is 23.0 Å². The number of phenols is 1. The van der Waals surface area contributed by atoms with E-state index in [2.05, 4.69) is 21.7 Å². The molecule has 164 valence electrons. The van der Waals surface area contributed by atoms with Gasteiger partial charge in [-0.2, -0.15) is 0 Å². The molecule has 30 heavy (non-hydrogen) atoms. The Morgan fingerprint density at radius 3 is 2.53 bits per heavy atom. The van der Waals surface area contributed by atoms with Crippen LogP contribution in [-0.2, 0) is 13.0 Å². The largest absolute Gasteiger partial charge is 0.508 e. The summed E-state index contributed by atoms with van der Waals surface area (Å²) >= 11 is 0. The number of hydrogen-bond donors (Lipinski definition) is 3. The third kappa shape index (κ3) is 7.06. The number of guanidine groups is 1. The number of ether oxygens (including phenoxy) is 3. The second-order valence-electron chi connectivity index (χ2n) is 6.64. The van der Waals surface area contributed by atoms with Crippen molar-refractivity contribution < 1.29 is 19.3 Å². The van der Waals surface area contributed by atoms with Crippen LogP contribution >= 0.6 is 0 Å². The molecule has 0 heterocycles. The van der Waals surface area contributed by atoms with Crippen LogP contribution in [0.25, 0.3) is 0 Å². The number of aryl methyl sites for hydroxylation is 1. The van der Waals surface area contributed by atoms with Crippen LogP contribution in [0.5, 0.6) is 23.0 Å². The molecular formula is C23H33N3O4. The number of rotatable bonds is 11. The molecule has 0 saturated heterocycles. The Kier molecular flexibility index (Phi) is 9.64. The van der Waals surface area contributed by atoms with Crippen molar-refractivity contribution in [3.63, 3.8) is 0 Å². The Labute approximate surface area is 179 Å². The highest BCUT2D eigenvalue weighted by atomic mass is 16.5. The highest BCUT2D eigenvalue weighted by Crippen LogP contribution is 2.28. The average molecular weight is 416 g/mol. The molecular weight excluding hydrogens is 382 g/mol. The molecule has 0 aliphatic carbocycles. The second-order valence-corrected chi connectivity index (χ2v) is 6.64.